The summed E-state index contributed by atoms with van der Waals surface area (Å²) < 4.78 is 0.943. The highest BCUT2D eigenvalue weighted by Gasteiger charge is 2.07. The summed E-state index contributed by atoms with van der Waals surface area (Å²) in [5, 5.41) is 6.09. The molecule has 3 nitrogen and oxygen atoms in total. The maximum atomic E-state index is 12.0. The summed E-state index contributed by atoms with van der Waals surface area (Å²) >= 11 is 3.39. The van der Waals surface area contributed by atoms with Crippen LogP contribution < -0.4 is 10.6 Å². The number of benzene rings is 2. The van der Waals surface area contributed by atoms with E-state index in [4.69, 9.17) is 0 Å². The minimum absolute atomic E-state index is 0.0625. The highest BCUT2D eigenvalue weighted by atomic mass is 79.9. The maximum Gasteiger partial charge on any atom is 0.243 e. The van der Waals surface area contributed by atoms with Gasteiger partial charge in [-0.3, -0.25) is 4.79 Å². The predicted molar refractivity (Wildman–Crippen MR) is 91.9 cm³/mol. The zero-order valence-corrected chi connectivity index (χ0v) is 14.0. The average Bonchev–Trinajstić information content (AvgIpc) is 2.37. The highest BCUT2D eigenvalue weighted by molar-refractivity contribution is 9.10. The summed E-state index contributed by atoms with van der Waals surface area (Å²) in [7, 11) is 0. The molecule has 0 aromatic heterocycles. The molecule has 2 aromatic rings. The first-order chi connectivity index (χ1) is 9.95. The summed E-state index contributed by atoms with van der Waals surface area (Å²) in [4.78, 5) is 12.0. The Hall–Kier alpha value is -1.81. The Morgan fingerprint density at radius 3 is 2.38 bits per heavy atom. The first-order valence-corrected chi connectivity index (χ1v) is 7.62. The van der Waals surface area contributed by atoms with Crippen molar-refractivity contribution in [3.63, 3.8) is 0 Å². The lowest BCUT2D eigenvalue weighted by atomic mass is 10.1. The fraction of sp³-hybridized carbons (Fsp3) is 0.235. The van der Waals surface area contributed by atoms with Crippen LogP contribution in [0.25, 0.3) is 0 Å². The van der Waals surface area contributed by atoms with Gasteiger partial charge >= 0.3 is 0 Å². The van der Waals surface area contributed by atoms with Crippen LogP contribution in [0.15, 0.2) is 40.9 Å². The first-order valence-electron chi connectivity index (χ1n) is 6.83. The van der Waals surface area contributed by atoms with Crippen LogP contribution in [-0.4, -0.2) is 12.5 Å². The van der Waals surface area contributed by atoms with Gasteiger partial charge in [-0.25, -0.2) is 0 Å². The number of hydrogen-bond acceptors (Lipinski definition) is 2. The Morgan fingerprint density at radius 2 is 1.76 bits per heavy atom. The molecule has 2 rings (SSSR count). The summed E-state index contributed by atoms with van der Waals surface area (Å²) in [5.41, 5.74) is 5.36. The molecule has 0 aliphatic heterocycles. The second-order valence-corrected chi connectivity index (χ2v) is 6.10. The van der Waals surface area contributed by atoms with E-state index in [0.29, 0.717) is 0 Å². The molecule has 0 radical (unpaired) electrons. The van der Waals surface area contributed by atoms with E-state index in [1.165, 1.54) is 5.56 Å². The molecule has 2 N–H and O–H groups in total. The quantitative estimate of drug-likeness (QED) is 0.859. The summed E-state index contributed by atoms with van der Waals surface area (Å²) in [6, 6.07) is 11.8. The van der Waals surface area contributed by atoms with E-state index in [2.05, 4.69) is 59.5 Å². The third kappa shape index (κ3) is 4.33. The lowest BCUT2D eigenvalue weighted by Crippen LogP contribution is -2.22. The fourth-order valence-electron chi connectivity index (χ4n) is 2.40. The third-order valence-electron chi connectivity index (χ3n) is 3.21. The van der Waals surface area contributed by atoms with E-state index >= 15 is 0 Å². The van der Waals surface area contributed by atoms with Crippen LogP contribution in [-0.2, 0) is 4.79 Å². The normalized spacial score (nSPS) is 10.3. The van der Waals surface area contributed by atoms with Gasteiger partial charge in [-0.05, 0) is 50.1 Å². The Balaban J connectivity index is 1.99. The number of amides is 1. The van der Waals surface area contributed by atoms with Crippen LogP contribution >= 0.6 is 15.9 Å². The highest BCUT2D eigenvalue weighted by Crippen LogP contribution is 2.21. The number of carbonyl (C=O) groups is 1. The third-order valence-corrected chi connectivity index (χ3v) is 3.70. The number of halogens is 1. The second-order valence-electron chi connectivity index (χ2n) is 5.19. The molecule has 4 heteroatoms. The molecule has 110 valence electrons. The standard InChI is InChI=1S/C17H19BrN2O/c1-11-7-12(2)17(13(3)8-11)19-10-16(21)20-15-6-4-5-14(18)9-15/h4-9,19H,10H2,1-3H3,(H,20,21). The molecule has 2 aromatic carbocycles. The molecular formula is C17H19BrN2O. The SMILES string of the molecule is Cc1cc(C)c(NCC(=O)Nc2cccc(Br)c2)c(C)c1. The van der Waals surface area contributed by atoms with Gasteiger partial charge in [0.25, 0.3) is 0 Å². The number of anilines is 2. The topological polar surface area (TPSA) is 41.1 Å². The summed E-state index contributed by atoms with van der Waals surface area (Å²) in [6.07, 6.45) is 0. The zero-order valence-electron chi connectivity index (χ0n) is 12.5. The fourth-order valence-corrected chi connectivity index (χ4v) is 2.80. The van der Waals surface area contributed by atoms with Crippen LogP contribution in [0.4, 0.5) is 11.4 Å². The van der Waals surface area contributed by atoms with Gasteiger partial charge in [0.1, 0.15) is 0 Å². The molecule has 0 bridgehead atoms. The van der Waals surface area contributed by atoms with Crippen molar-refractivity contribution in [1.82, 2.24) is 0 Å². The lowest BCUT2D eigenvalue weighted by molar-refractivity contribution is -0.114. The molecule has 0 aliphatic rings. The van der Waals surface area contributed by atoms with Crippen LogP contribution in [0.1, 0.15) is 16.7 Å². The number of hydrogen-bond donors (Lipinski definition) is 2. The van der Waals surface area contributed by atoms with Gasteiger partial charge in [-0.1, -0.05) is 39.7 Å². The zero-order chi connectivity index (χ0) is 15.4. The van der Waals surface area contributed by atoms with Crippen molar-refractivity contribution in [1.29, 1.82) is 0 Å². The molecule has 0 aliphatic carbocycles. The molecule has 0 saturated heterocycles. The van der Waals surface area contributed by atoms with E-state index < -0.39 is 0 Å². The van der Waals surface area contributed by atoms with E-state index in [1.807, 2.05) is 24.3 Å². The van der Waals surface area contributed by atoms with Crippen LogP contribution in [0.5, 0.6) is 0 Å². The molecule has 0 saturated carbocycles. The van der Waals surface area contributed by atoms with Gasteiger partial charge in [0.2, 0.25) is 5.91 Å². The van der Waals surface area contributed by atoms with Gasteiger partial charge in [0.15, 0.2) is 0 Å². The van der Waals surface area contributed by atoms with E-state index in [1.54, 1.807) is 0 Å². The van der Waals surface area contributed by atoms with E-state index in [0.717, 1.165) is 27.0 Å². The van der Waals surface area contributed by atoms with E-state index in [-0.39, 0.29) is 12.5 Å². The van der Waals surface area contributed by atoms with E-state index in [9.17, 15) is 4.79 Å². The minimum Gasteiger partial charge on any atom is -0.376 e. The van der Waals surface area contributed by atoms with Crippen molar-refractivity contribution in [2.24, 2.45) is 0 Å². The Morgan fingerprint density at radius 1 is 1.10 bits per heavy atom. The van der Waals surface area contributed by atoms with Crippen molar-refractivity contribution >= 4 is 33.2 Å². The van der Waals surface area contributed by atoms with Crippen molar-refractivity contribution in [3.05, 3.63) is 57.6 Å². The van der Waals surface area contributed by atoms with Gasteiger partial charge < -0.3 is 10.6 Å². The number of nitrogens with one attached hydrogen (secondary N) is 2. The largest absolute Gasteiger partial charge is 0.376 e. The minimum atomic E-state index is -0.0625. The molecule has 0 fully saturated rings. The summed E-state index contributed by atoms with van der Waals surface area (Å²) in [6.45, 7) is 6.42. The smallest absolute Gasteiger partial charge is 0.243 e. The molecule has 1 amide bonds. The monoisotopic (exact) mass is 346 g/mol. The average molecular weight is 347 g/mol. The van der Waals surface area contributed by atoms with Crippen molar-refractivity contribution in [3.8, 4) is 0 Å². The number of carbonyl (C=O) groups excluding carboxylic acids is 1. The molecular weight excluding hydrogens is 328 g/mol. The Labute approximate surface area is 133 Å². The van der Waals surface area contributed by atoms with Crippen molar-refractivity contribution in [2.45, 2.75) is 20.8 Å². The maximum absolute atomic E-state index is 12.0. The van der Waals surface area contributed by atoms with Crippen molar-refractivity contribution in [2.75, 3.05) is 17.2 Å². The van der Waals surface area contributed by atoms with Crippen LogP contribution in [0.2, 0.25) is 0 Å². The van der Waals surface area contributed by atoms with Crippen molar-refractivity contribution < 1.29 is 4.79 Å². The molecule has 0 spiro atoms. The molecule has 0 heterocycles. The number of rotatable bonds is 4. The number of aryl methyl sites for hydroxylation is 3. The summed E-state index contributed by atoms with van der Waals surface area (Å²) in [5.74, 6) is -0.0625. The second kappa shape index (κ2) is 6.76. The Kier molecular flexibility index (Phi) is 5.02. The lowest BCUT2D eigenvalue weighted by Gasteiger charge is -2.14. The molecule has 0 unspecified atom stereocenters. The molecule has 21 heavy (non-hydrogen) atoms. The van der Waals surface area contributed by atoms with Crippen LogP contribution in [0.3, 0.4) is 0 Å². The van der Waals surface area contributed by atoms with Crippen LogP contribution in [0, 0.1) is 20.8 Å². The molecule has 0 atom stereocenters. The van der Waals surface area contributed by atoms with Gasteiger partial charge in [0, 0.05) is 15.8 Å². The van der Waals surface area contributed by atoms with Gasteiger partial charge in [0.05, 0.1) is 6.54 Å². The van der Waals surface area contributed by atoms with Gasteiger partial charge in [-0.2, -0.15) is 0 Å². The first kappa shape index (κ1) is 15.6. The predicted octanol–water partition coefficient (Wildman–Crippen LogP) is 4.42. The Bertz CT molecular complexity index is 645. The van der Waals surface area contributed by atoms with Gasteiger partial charge in [-0.15, -0.1) is 0 Å².